The van der Waals surface area contributed by atoms with Crippen LogP contribution in [0.2, 0.25) is 0 Å². The van der Waals surface area contributed by atoms with E-state index in [1.54, 1.807) is 7.05 Å². The van der Waals surface area contributed by atoms with Crippen molar-refractivity contribution in [3.8, 4) is 0 Å². The Morgan fingerprint density at radius 1 is 1.61 bits per heavy atom. The van der Waals surface area contributed by atoms with E-state index in [-0.39, 0.29) is 30.4 Å². The van der Waals surface area contributed by atoms with Gasteiger partial charge in [-0.25, -0.2) is 4.68 Å². The van der Waals surface area contributed by atoms with Gasteiger partial charge in [-0.2, -0.15) is 5.10 Å². The molecule has 0 radical (unpaired) electrons. The Labute approximate surface area is 104 Å². The van der Waals surface area contributed by atoms with Gasteiger partial charge in [-0.1, -0.05) is 13.8 Å². The topological polar surface area (TPSA) is 110 Å². The average molecular weight is 256 g/mol. The van der Waals surface area contributed by atoms with Crippen LogP contribution in [0.3, 0.4) is 0 Å². The molecule has 0 aromatic carbocycles. The maximum absolute atomic E-state index is 11.1. The molecule has 1 heterocycles. The van der Waals surface area contributed by atoms with E-state index < -0.39 is 10.9 Å². The zero-order valence-electron chi connectivity index (χ0n) is 10.5. The van der Waals surface area contributed by atoms with Crippen molar-refractivity contribution in [2.24, 2.45) is 7.05 Å². The summed E-state index contributed by atoms with van der Waals surface area (Å²) in [6.45, 7) is 3.75. The van der Waals surface area contributed by atoms with Crippen molar-refractivity contribution in [1.82, 2.24) is 9.78 Å². The van der Waals surface area contributed by atoms with Crippen LogP contribution < -0.4 is 5.32 Å². The van der Waals surface area contributed by atoms with Gasteiger partial charge in [-0.15, -0.1) is 0 Å². The van der Waals surface area contributed by atoms with Crippen molar-refractivity contribution in [2.75, 3.05) is 11.9 Å². The summed E-state index contributed by atoms with van der Waals surface area (Å²) >= 11 is 0. The molecule has 0 aliphatic carbocycles. The summed E-state index contributed by atoms with van der Waals surface area (Å²) in [7, 11) is 1.59. The van der Waals surface area contributed by atoms with E-state index in [1.807, 2.05) is 13.8 Å². The molecule has 0 bridgehead atoms. The highest BCUT2D eigenvalue weighted by Crippen LogP contribution is 2.32. The smallest absolute Gasteiger partial charge is 0.334 e. The predicted octanol–water partition coefficient (Wildman–Crippen LogP) is 1.34. The minimum atomic E-state index is -0.962. The van der Waals surface area contributed by atoms with Gasteiger partial charge in [0.05, 0.1) is 11.3 Å². The quantitative estimate of drug-likeness (QED) is 0.587. The lowest BCUT2D eigenvalue weighted by atomic mass is 10.1. The molecule has 8 heteroatoms. The Morgan fingerprint density at radius 3 is 2.67 bits per heavy atom. The van der Waals surface area contributed by atoms with Crippen molar-refractivity contribution in [2.45, 2.75) is 26.2 Å². The lowest BCUT2D eigenvalue weighted by Crippen LogP contribution is -2.11. The van der Waals surface area contributed by atoms with Crippen LogP contribution in [0.15, 0.2) is 0 Å². The molecular formula is C10H16N4O4. The number of nitrogens with one attached hydrogen (secondary N) is 1. The summed E-state index contributed by atoms with van der Waals surface area (Å²) in [5.41, 5.74) is 0.304. The highest BCUT2D eigenvalue weighted by atomic mass is 16.6. The van der Waals surface area contributed by atoms with Crippen LogP contribution in [0, 0.1) is 10.1 Å². The molecule has 0 aliphatic rings. The van der Waals surface area contributed by atoms with Gasteiger partial charge in [0.1, 0.15) is 5.69 Å². The first-order chi connectivity index (χ1) is 8.34. The number of aliphatic carboxylic acids is 1. The molecule has 1 aromatic heterocycles. The van der Waals surface area contributed by atoms with Crippen molar-refractivity contribution < 1.29 is 14.8 Å². The fraction of sp³-hybridized carbons (Fsp3) is 0.600. The molecular weight excluding hydrogens is 240 g/mol. The van der Waals surface area contributed by atoms with Crippen molar-refractivity contribution in [3.05, 3.63) is 15.8 Å². The van der Waals surface area contributed by atoms with Gasteiger partial charge in [-0.3, -0.25) is 14.9 Å². The summed E-state index contributed by atoms with van der Waals surface area (Å²) < 4.78 is 1.37. The molecule has 0 spiro atoms. The standard InChI is InChI=1S/C10H16N4O4/c1-6(2)8-9(14(17)18)10(13(3)12-8)11-5-4-7(15)16/h6,11H,4-5H2,1-3H3,(H,15,16). The van der Waals surface area contributed by atoms with Crippen LogP contribution >= 0.6 is 0 Å². The van der Waals surface area contributed by atoms with Crippen LogP contribution in [0.5, 0.6) is 0 Å². The van der Waals surface area contributed by atoms with Crippen molar-refractivity contribution in [3.63, 3.8) is 0 Å². The maximum Gasteiger partial charge on any atom is 0.334 e. The molecule has 1 aromatic rings. The molecule has 0 amide bonds. The molecule has 100 valence electrons. The zero-order valence-corrected chi connectivity index (χ0v) is 10.5. The van der Waals surface area contributed by atoms with Crippen LogP contribution in [0.4, 0.5) is 11.5 Å². The highest BCUT2D eigenvalue weighted by molar-refractivity contribution is 5.68. The lowest BCUT2D eigenvalue weighted by Gasteiger charge is -2.04. The van der Waals surface area contributed by atoms with E-state index in [0.29, 0.717) is 5.69 Å². The Bertz CT molecular complexity index is 467. The van der Waals surface area contributed by atoms with Crippen LogP contribution in [-0.4, -0.2) is 32.3 Å². The third kappa shape index (κ3) is 2.96. The van der Waals surface area contributed by atoms with Crippen molar-refractivity contribution in [1.29, 1.82) is 0 Å². The van der Waals surface area contributed by atoms with Gasteiger partial charge in [-0.05, 0) is 0 Å². The number of carboxylic acids is 1. The second kappa shape index (κ2) is 5.48. The molecule has 0 atom stereocenters. The molecule has 0 fully saturated rings. The van der Waals surface area contributed by atoms with E-state index in [1.165, 1.54) is 4.68 Å². The average Bonchev–Trinajstić information content (AvgIpc) is 2.56. The van der Waals surface area contributed by atoms with E-state index in [9.17, 15) is 14.9 Å². The largest absolute Gasteiger partial charge is 0.481 e. The van der Waals surface area contributed by atoms with Crippen molar-refractivity contribution >= 4 is 17.5 Å². The Balaban J connectivity index is 3.02. The minimum absolute atomic E-state index is 0.0772. The summed E-state index contributed by atoms with van der Waals surface area (Å²) in [6.07, 6.45) is -0.112. The number of aromatic nitrogens is 2. The Hall–Kier alpha value is -2.12. The summed E-state index contributed by atoms with van der Waals surface area (Å²) in [5.74, 6) is -0.798. The highest BCUT2D eigenvalue weighted by Gasteiger charge is 2.28. The number of carbonyl (C=O) groups is 1. The first-order valence-electron chi connectivity index (χ1n) is 5.51. The van der Waals surface area contributed by atoms with Gasteiger partial charge in [0.15, 0.2) is 0 Å². The number of nitrogens with zero attached hydrogens (tertiary/aromatic N) is 3. The number of rotatable bonds is 6. The molecule has 8 nitrogen and oxygen atoms in total. The molecule has 18 heavy (non-hydrogen) atoms. The number of aryl methyl sites for hydroxylation is 1. The number of carboxylic acid groups (broad SMARTS) is 1. The van der Waals surface area contributed by atoms with Gasteiger partial charge in [0.25, 0.3) is 0 Å². The molecule has 0 aliphatic heterocycles. The predicted molar refractivity (Wildman–Crippen MR) is 64.7 cm³/mol. The number of hydrogen-bond donors (Lipinski definition) is 2. The normalized spacial score (nSPS) is 10.7. The first kappa shape index (κ1) is 13.9. The van der Waals surface area contributed by atoms with Gasteiger partial charge in [0, 0.05) is 19.5 Å². The zero-order chi connectivity index (χ0) is 13.9. The number of hydrogen-bond acceptors (Lipinski definition) is 5. The third-order valence-electron chi connectivity index (χ3n) is 2.41. The van der Waals surface area contributed by atoms with Gasteiger partial charge < -0.3 is 10.4 Å². The van der Waals surface area contributed by atoms with Gasteiger partial charge in [0.2, 0.25) is 5.82 Å². The maximum atomic E-state index is 11.1. The number of anilines is 1. The van der Waals surface area contributed by atoms with Gasteiger partial charge >= 0.3 is 11.7 Å². The number of nitro groups is 1. The van der Waals surface area contributed by atoms with Crippen LogP contribution in [-0.2, 0) is 11.8 Å². The van der Waals surface area contributed by atoms with E-state index in [2.05, 4.69) is 10.4 Å². The van der Waals surface area contributed by atoms with E-state index in [0.717, 1.165) is 0 Å². The first-order valence-corrected chi connectivity index (χ1v) is 5.51. The third-order valence-corrected chi connectivity index (χ3v) is 2.41. The fourth-order valence-corrected chi connectivity index (χ4v) is 1.59. The Kier molecular flexibility index (Phi) is 4.24. The summed E-state index contributed by atoms with van der Waals surface area (Å²) in [4.78, 5) is 21.0. The van der Waals surface area contributed by atoms with E-state index in [4.69, 9.17) is 5.11 Å². The van der Waals surface area contributed by atoms with Crippen LogP contribution in [0.1, 0.15) is 31.9 Å². The fourth-order valence-electron chi connectivity index (χ4n) is 1.59. The van der Waals surface area contributed by atoms with E-state index >= 15 is 0 Å². The second-order valence-corrected chi connectivity index (χ2v) is 4.19. The lowest BCUT2D eigenvalue weighted by molar-refractivity contribution is -0.384. The minimum Gasteiger partial charge on any atom is -0.481 e. The summed E-state index contributed by atoms with van der Waals surface area (Å²) in [6, 6.07) is 0. The Morgan fingerprint density at radius 2 is 2.22 bits per heavy atom. The molecule has 0 unspecified atom stereocenters. The molecule has 0 saturated carbocycles. The summed E-state index contributed by atoms with van der Waals surface area (Å²) in [5, 5.41) is 26.4. The molecule has 2 N–H and O–H groups in total. The SMILES string of the molecule is CC(C)c1nn(C)c(NCCC(=O)O)c1[N+](=O)[O-]. The molecule has 0 saturated heterocycles. The monoisotopic (exact) mass is 256 g/mol. The molecule has 1 rings (SSSR count). The second-order valence-electron chi connectivity index (χ2n) is 4.19. The van der Waals surface area contributed by atoms with Crippen LogP contribution in [0.25, 0.3) is 0 Å².